The van der Waals surface area contributed by atoms with Crippen LogP contribution in [0.15, 0.2) is 29.8 Å². The lowest BCUT2D eigenvalue weighted by Crippen LogP contribution is -2.46. The van der Waals surface area contributed by atoms with Crippen LogP contribution in [0.5, 0.6) is 0 Å². The van der Waals surface area contributed by atoms with E-state index >= 15 is 0 Å². The van der Waals surface area contributed by atoms with Gasteiger partial charge in [-0.25, -0.2) is 9.59 Å². The highest BCUT2D eigenvalue weighted by Crippen LogP contribution is 2.31. The first-order valence-electron chi connectivity index (χ1n) is 8.42. The first-order chi connectivity index (χ1) is 12.3. The average molecular weight is 361 g/mol. The maximum absolute atomic E-state index is 12.3. The Morgan fingerprint density at radius 1 is 1.08 bits per heavy atom. The number of cyclic esters (lactones) is 2. The Kier molecular flexibility index (Phi) is 5.82. The number of ether oxygens (including phenoxy) is 3. The summed E-state index contributed by atoms with van der Waals surface area (Å²) in [6, 6.07) is 6.23. The fourth-order valence-corrected chi connectivity index (χ4v) is 2.60. The summed E-state index contributed by atoms with van der Waals surface area (Å²) in [6.07, 6.45) is 0.127. The molecule has 7 nitrogen and oxygen atoms in total. The van der Waals surface area contributed by atoms with E-state index in [1.165, 1.54) is 7.11 Å². The lowest BCUT2D eigenvalue weighted by Gasteiger charge is -2.35. The van der Waals surface area contributed by atoms with Crippen LogP contribution >= 0.6 is 0 Å². The SMILES string of the molecule is CCC1(CC)OC(=O)C(=C(N)c2ccc(C(=O)C(C)OC)cc2)C(=O)O1. The zero-order valence-electron chi connectivity index (χ0n) is 15.3. The van der Waals surface area contributed by atoms with Crippen molar-refractivity contribution in [2.75, 3.05) is 7.11 Å². The molecule has 0 radical (unpaired) electrons. The number of esters is 2. The van der Waals surface area contributed by atoms with Crippen LogP contribution in [0.3, 0.4) is 0 Å². The molecule has 0 spiro atoms. The summed E-state index contributed by atoms with van der Waals surface area (Å²) in [5, 5.41) is 0. The van der Waals surface area contributed by atoms with Crippen molar-refractivity contribution in [1.29, 1.82) is 0 Å². The van der Waals surface area contributed by atoms with Crippen molar-refractivity contribution in [2.45, 2.75) is 45.5 Å². The molecule has 1 fully saturated rings. The molecule has 2 rings (SSSR count). The summed E-state index contributed by atoms with van der Waals surface area (Å²) in [6.45, 7) is 5.17. The predicted molar refractivity (Wildman–Crippen MR) is 93.8 cm³/mol. The molecule has 2 N–H and O–H groups in total. The van der Waals surface area contributed by atoms with Crippen molar-refractivity contribution in [3.05, 3.63) is 41.0 Å². The Balaban J connectivity index is 2.32. The highest BCUT2D eigenvalue weighted by molar-refractivity contribution is 6.20. The van der Waals surface area contributed by atoms with Crippen LogP contribution in [0.25, 0.3) is 5.70 Å². The van der Waals surface area contributed by atoms with Crippen molar-refractivity contribution < 1.29 is 28.6 Å². The molecule has 1 saturated heterocycles. The maximum Gasteiger partial charge on any atom is 0.351 e. The van der Waals surface area contributed by atoms with Gasteiger partial charge in [-0.3, -0.25) is 4.79 Å². The van der Waals surface area contributed by atoms with Gasteiger partial charge in [0, 0.05) is 25.5 Å². The van der Waals surface area contributed by atoms with Gasteiger partial charge in [0.2, 0.25) is 0 Å². The first kappa shape index (κ1) is 19.7. The van der Waals surface area contributed by atoms with Gasteiger partial charge in [0.15, 0.2) is 11.4 Å². The van der Waals surface area contributed by atoms with Gasteiger partial charge in [0.1, 0.15) is 6.10 Å². The van der Waals surface area contributed by atoms with Crippen LogP contribution in [0.1, 0.15) is 49.5 Å². The summed E-state index contributed by atoms with van der Waals surface area (Å²) in [5.41, 5.74) is 6.45. The van der Waals surface area contributed by atoms with E-state index in [0.29, 0.717) is 24.0 Å². The highest BCUT2D eigenvalue weighted by Gasteiger charge is 2.44. The molecular formula is C19H23NO6. The van der Waals surface area contributed by atoms with Crippen LogP contribution < -0.4 is 5.73 Å². The molecule has 0 saturated carbocycles. The molecule has 7 heteroatoms. The van der Waals surface area contributed by atoms with Crippen LogP contribution in [0, 0.1) is 0 Å². The zero-order chi connectivity index (χ0) is 19.5. The molecule has 1 atom stereocenters. The van der Waals surface area contributed by atoms with Gasteiger partial charge < -0.3 is 19.9 Å². The summed E-state index contributed by atoms with van der Waals surface area (Å²) >= 11 is 0. The van der Waals surface area contributed by atoms with E-state index in [9.17, 15) is 14.4 Å². The summed E-state index contributed by atoms with van der Waals surface area (Å²) in [7, 11) is 1.45. The number of ketones is 1. The van der Waals surface area contributed by atoms with E-state index in [1.54, 1.807) is 45.0 Å². The normalized spacial score (nSPS) is 17.3. The Bertz CT molecular complexity index is 724. The van der Waals surface area contributed by atoms with Gasteiger partial charge in [0.25, 0.3) is 5.79 Å². The quantitative estimate of drug-likeness (QED) is 0.358. The van der Waals surface area contributed by atoms with Crippen LogP contribution in [0.2, 0.25) is 0 Å². The summed E-state index contributed by atoms with van der Waals surface area (Å²) in [5.74, 6) is -3.05. The lowest BCUT2D eigenvalue weighted by molar-refractivity contribution is -0.237. The molecule has 0 aliphatic carbocycles. The topological polar surface area (TPSA) is 105 Å². The van der Waals surface area contributed by atoms with Crippen molar-refractivity contribution in [2.24, 2.45) is 5.73 Å². The number of nitrogens with two attached hydrogens (primary N) is 1. The molecule has 0 bridgehead atoms. The van der Waals surface area contributed by atoms with Gasteiger partial charge in [-0.1, -0.05) is 38.1 Å². The van der Waals surface area contributed by atoms with Crippen molar-refractivity contribution in [1.82, 2.24) is 0 Å². The molecule has 1 aromatic rings. The van der Waals surface area contributed by atoms with E-state index in [-0.39, 0.29) is 17.1 Å². The number of carbonyl (C=O) groups is 3. The molecule has 140 valence electrons. The second kappa shape index (κ2) is 7.70. The minimum absolute atomic E-state index is 0.0559. The fraction of sp³-hybridized carbons (Fsp3) is 0.421. The van der Waals surface area contributed by atoms with Crippen molar-refractivity contribution in [3.8, 4) is 0 Å². The summed E-state index contributed by atoms with van der Waals surface area (Å²) in [4.78, 5) is 36.7. The van der Waals surface area contributed by atoms with Crippen LogP contribution in [0.4, 0.5) is 0 Å². The summed E-state index contributed by atoms with van der Waals surface area (Å²) < 4.78 is 15.6. The largest absolute Gasteiger partial charge is 0.419 e. The van der Waals surface area contributed by atoms with E-state index in [4.69, 9.17) is 19.9 Å². The third-order valence-electron chi connectivity index (χ3n) is 4.52. The van der Waals surface area contributed by atoms with Crippen molar-refractivity contribution in [3.63, 3.8) is 0 Å². The van der Waals surface area contributed by atoms with Gasteiger partial charge in [-0.2, -0.15) is 0 Å². The number of methoxy groups -OCH3 is 1. The zero-order valence-corrected chi connectivity index (χ0v) is 15.3. The van der Waals surface area contributed by atoms with Crippen LogP contribution in [-0.4, -0.2) is 36.7 Å². The van der Waals surface area contributed by atoms with E-state index in [1.807, 2.05) is 0 Å². The van der Waals surface area contributed by atoms with E-state index < -0.39 is 23.8 Å². The number of carbonyl (C=O) groups excluding carboxylic acids is 3. The van der Waals surface area contributed by atoms with Crippen LogP contribution in [-0.2, 0) is 23.8 Å². The van der Waals surface area contributed by atoms with Gasteiger partial charge in [-0.05, 0) is 12.5 Å². The van der Waals surface area contributed by atoms with E-state index in [0.717, 1.165) is 0 Å². The van der Waals surface area contributed by atoms with Gasteiger partial charge in [-0.15, -0.1) is 0 Å². The van der Waals surface area contributed by atoms with E-state index in [2.05, 4.69) is 0 Å². The number of hydrogen-bond acceptors (Lipinski definition) is 7. The third-order valence-corrected chi connectivity index (χ3v) is 4.52. The van der Waals surface area contributed by atoms with Gasteiger partial charge >= 0.3 is 11.9 Å². The second-order valence-electron chi connectivity index (χ2n) is 6.01. The smallest absolute Gasteiger partial charge is 0.351 e. The molecule has 1 aliphatic heterocycles. The molecule has 0 aromatic heterocycles. The number of Topliss-reactive ketones (excluding diaryl/α,β-unsaturated/α-hetero) is 1. The Hall–Kier alpha value is -2.67. The number of rotatable bonds is 6. The minimum atomic E-state index is -1.25. The average Bonchev–Trinajstić information content (AvgIpc) is 2.65. The Morgan fingerprint density at radius 2 is 1.54 bits per heavy atom. The monoisotopic (exact) mass is 361 g/mol. The molecule has 1 aromatic carbocycles. The third kappa shape index (κ3) is 3.62. The Labute approximate surface area is 152 Å². The minimum Gasteiger partial charge on any atom is -0.419 e. The van der Waals surface area contributed by atoms with Crippen molar-refractivity contribution >= 4 is 23.4 Å². The fourth-order valence-electron chi connectivity index (χ4n) is 2.60. The molecule has 1 aliphatic rings. The number of benzene rings is 1. The molecule has 1 unspecified atom stereocenters. The molecule has 26 heavy (non-hydrogen) atoms. The standard InChI is InChI=1S/C19H23NO6/c1-5-19(6-2)25-17(22)14(18(23)26-19)15(20)12-7-9-13(10-8-12)16(21)11(3)24-4/h7-11H,5-6,20H2,1-4H3. The molecule has 0 amide bonds. The molecular weight excluding hydrogens is 338 g/mol. The maximum atomic E-state index is 12.3. The molecule has 1 heterocycles. The number of hydrogen-bond donors (Lipinski definition) is 1. The van der Waals surface area contributed by atoms with Gasteiger partial charge in [0.05, 0.1) is 5.70 Å². The second-order valence-corrected chi connectivity index (χ2v) is 6.01. The predicted octanol–water partition coefficient (Wildman–Crippen LogP) is 2.19. The highest BCUT2D eigenvalue weighted by atomic mass is 16.7. The Morgan fingerprint density at radius 3 is 1.96 bits per heavy atom. The lowest BCUT2D eigenvalue weighted by atomic mass is 10.0. The first-order valence-corrected chi connectivity index (χ1v) is 8.42.